The first kappa shape index (κ1) is 16.6. The molecule has 1 aromatic carbocycles. The monoisotopic (exact) mass is 378 g/mol. The van der Waals surface area contributed by atoms with Gasteiger partial charge in [-0.15, -0.1) is 0 Å². The minimum atomic E-state index is -0.344. The van der Waals surface area contributed by atoms with E-state index in [2.05, 4.69) is 4.98 Å². The Morgan fingerprint density at radius 2 is 2.00 bits per heavy atom. The quantitative estimate of drug-likeness (QED) is 0.679. The highest BCUT2D eigenvalue weighted by atomic mass is 16.7. The number of fused-ring (bicyclic) bond motifs is 2. The fourth-order valence-corrected chi connectivity index (χ4v) is 3.64. The van der Waals surface area contributed by atoms with Crippen molar-refractivity contribution in [2.24, 2.45) is 0 Å². The molecule has 2 aliphatic rings. The number of imidazole rings is 1. The van der Waals surface area contributed by atoms with Gasteiger partial charge >= 0.3 is 0 Å². The van der Waals surface area contributed by atoms with E-state index < -0.39 is 0 Å². The van der Waals surface area contributed by atoms with Gasteiger partial charge in [-0.1, -0.05) is 0 Å². The fourth-order valence-electron chi connectivity index (χ4n) is 3.64. The van der Waals surface area contributed by atoms with Crippen molar-refractivity contribution >= 4 is 5.91 Å². The largest absolute Gasteiger partial charge is 0.454 e. The van der Waals surface area contributed by atoms with Crippen molar-refractivity contribution in [3.8, 4) is 17.2 Å². The average Bonchev–Trinajstić information content (AvgIpc) is 3.35. The number of pyridine rings is 1. The van der Waals surface area contributed by atoms with E-state index in [9.17, 15) is 9.59 Å². The Balaban J connectivity index is 1.53. The number of ether oxygens (including phenoxy) is 2. The molecule has 142 valence electrons. The van der Waals surface area contributed by atoms with Gasteiger partial charge in [-0.3, -0.25) is 14.2 Å². The van der Waals surface area contributed by atoms with Crippen LogP contribution in [0, 0.1) is 6.92 Å². The Labute approximate surface area is 160 Å². The zero-order valence-electron chi connectivity index (χ0n) is 15.3. The number of amides is 1. The first-order valence-electron chi connectivity index (χ1n) is 9.02. The minimum absolute atomic E-state index is 0.164. The lowest BCUT2D eigenvalue weighted by atomic mass is 10.1. The van der Waals surface area contributed by atoms with Crippen molar-refractivity contribution in [3.05, 3.63) is 70.2 Å². The third kappa shape index (κ3) is 2.57. The Hall–Kier alpha value is -3.55. The van der Waals surface area contributed by atoms with Crippen LogP contribution >= 0.6 is 0 Å². The number of carbonyl (C=O) groups is 1. The van der Waals surface area contributed by atoms with E-state index in [0.29, 0.717) is 42.4 Å². The summed E-state index contributed by atoms with van der Waals surface area (Å²) in [7, 11) is 0. The summed E-state index contributed by atoms with van der Waals surface area (Å²) < 4.78 is 14.2. The Morgan fingerprint density at radius 1 is 1.14 bits per heavy atom. The van der Waals surface area contributed by atoms with Crippen LogP contribution in [0.5, 0.6) is 11.5 Å². The Morgan fingerprint density at radius 3 is 2.89 bits per heavy atom. The number of hydrogen-bond acceptors (Lipinski definition) is 5. The first-order valence-corrected chi connectivity index (χ1v) is 9.02. The maximum absolute atomic E-state index is 13.2. The molecule has 8 nitrogen and oxygen atoms in total. The smallest absolute Gasteiger partial charge is 0.268 e. The number of aryl methyl sites for hydroxylation is 1. The van der Waals surface area contributed by atoms with E-state index >= 15 is 0 Å². The van der Waals surface area contributed by atoms with Crippen LogP contribution in [0.1, 0.15) is 21.6 Å². The van der Waals surface area contributed by atoms with Crippen LogP contribution in [0.25, 0.3) is 5.69 Å². The van der Waals surface area contributed by atoms with Gasteiger partial charge in [0.2, 0.25) is 6.79 Å². The first-order chi connectivity index (χ1) is 13.6. The fraction of sp³-hybridized carbons (Fsp3) is 0.250. The molecular formula is C20H18N4O4. The zero-order chi connectivity index (χ0) is 19.3. The summed E-state index contributed by atoms with van der Waals surface area (Å²) in [6.07, 6.45) is 5.19. The number of carbonyl (C=O) groups excluding carboxylic acids is 1. The molecule has 0 atom stereocenters. The topological polar surface area (TPSA) is 78.6 Å². The van der Waals surface area contributed by atoms with Crippen LogP contribution in [0.4, 0.5) is 0 Å². The van der Waals surface area contributed by atoms with Crippen molar-refractivity contribution < 1.29 is 14.3 Å². The summed E-state index contributed by atoms with van der Waals surface area (Å²) in [6.45, 7) is 3.60. The summed E-state index contributed by atoms with van der Waals surface area (Å²) in [4.78, 5) is 32.2. The van der Waals surface area contributed by atoms with E-state index in [1.165, 1.54) is 4.57 Å². The van der Waals surface area contributed by atoms with Crippen LogP contribution < -0.4 is 15.0 Å². The van der Waals surface area contributed by atoms with Gasteiger partial charge in [-0.05, 0) is 30.7 Å². The van der Waals surface area contributed by atoms with Gasteiger partial charge in [-0.25, -0.2) is 4.98 Å². The molecule has 1 amide bonds. The molecule has 2 aromatic heterocycles. The number of nitrogens with zero attached hydrogens (tertiary/aromatic N) is 4. The van der Waals surface area contributed by atoms with Crippen molar-refractivity contribution in [2.45, 2.75) is 20.0 Å². The highest BCUT2D eigenvalue weighted by Crippen LogP contribution is 2.33. The summed E-state index contributed by atoms with van der Waals surface area (Å²) >= 11 is 0. The molecule has 0 saturated carbocycles. The molecule has 4 heterocycles. The molecule has 8 heteroatoms. The second-order valence-corrected chi connectivity index (χ2v) is 6.89. The van der Waals surface area contributed by atoms with Gasteiger partial charge in [0, 0.05) is 31.5 Å². The maximum Gasteiger partial charge on any atom is 0.268 e. The molecular weight excluding hydrogens is 360 g/mol. The second-order valence-electron chi connectivity index (χ2n) is 6.89. The van der Waals surface area contributed by atoms with E-state index in [4.69, 9.17) is 9.47 Å². The lowest BCUT2D eigenvalue weighted by Crippen LogP contribution is -2.41. The molecule has 28 heavy (non-hydrogen) atoms. The van der Waals surface area contributed by atoms with Crippen LogP contribution in [-0.2, 0) is 13.1 Å². The van der Waals surface area contributed by atoms with Crippen molar-refractivity contribution in [1.29, 1.82) is 0 Å². The molecule has 0 N–H and O–H groups in total. The molecule has 0 bridgehead atoms. The highest BCUT2D eigenvalue weighted by Gasteiger charge is 2.26. The third-order valence-corrected chi connectivity index (χ3v) is 5.20. The number of aromatic nitrogens is 3. The second kappa shape index (κ2) is 6.26. The van der Waals surface area contributed by atoms with Crippen molar-refractivity contribution in [2.75, 3.05) is 13.3 Å². The summed E-state index contributed by atoms with van der Waals surface area (Å²) in [5.41, 5.74) is 2.09. The summed E-state index contributed by atoms with van der Waals surface area (Å²) in [6, 6.07) is 7.06. The number of rotatable bonds is 2. The number of benzene rings is 1. The standard InChI is InChI=1S/C20H18N4O4/c1-13-4-5-24(14-2-3-16-17(8-14)28-12-27-16)20(26)18(13)19(25)22-6-7-23-11-21-9-15(23)10-22/h2-5,8-9,11H,6-7,10,12H2,1H3. The minimum Gasteiger partial charge on any atom is -0.454 e. The van der Waals surface area contributed by atoms with Gasteiger partial charge in [0.05, 0.1) is 24.3 Å². The van der Waals surface area contributed by atoms with Gasteiger partial charge in [0.25, 0.3) is 11.5 Å². The van der Waals surface area contributed by atoms with E-state index in [1.54, 1.807) is 54.8 Å². The molecule has 2 aliphatic heterocycles. The third-order valence-electron chi connectivity index (χ3n) is 5.20. The van der Waals surface area contributed by atoms with Crippen LogP contribution in [-0.4, -0.2) is 38.3 Å². The predicted octanol–water partition coefficient (Wildman–Crippen LogP) is 1.73. The maximum atomic E-state index is 13.2. The molecule has 0 aliphatic carbocycles. The predicted molar refractivity (Wildman–Crippen MR) is 99.9 cm³/mol. The van der Waals surface area contributed by atoms with E-state index in [1.807, 2.05) is 4.57 Å². The summed E-state index contributed by atoms with van der Waals surface area (Å²) in [5, 5.41) is 0. The molecule has 0 fully saturated rings. The van der Waals surface area contributed by atoms with Crippen LogP contribution in [0.2, 0.25) is 0 Å². The molecule has 0 spiro atoms. The van der Waals surface area contributed by atoms with Gasteiger partial charge in [0.15, 0.2) is 11.5 Å². The molecule has 3 aromatic rings. The molecule has 0 saturated heterocycles. The normalized spacial score (nSPS) is 14.8. The Kier molecular flexibility index (Phi) is 3.71. The Bertz CT molecular complexity index is 1150. The molecule has 5 rings (SSSR count). The molecule has 0 radical (unpaired) electrons. The van der Waals surface area contributed by atoms with E-state index in [-0.39, 0.29) is 23.8 Å². The van der Waals surface area contributed by atoms with Crippen molar-refractivity contribution in [3.63, 3.8) is 0 Å². The zero-order valence-corrected chi connectivity index (χ0v) is 15.3. The SMILES string of the molecule is Cc1ccn(-c2ccc3c(c2)OCO3)c(=O)c1C(=O)N1CCn2cncc2C1. The lowest BCUT2D eigenvalue weighted by molar-refractivity contribution is 0.0708. The van der Waals surface area contributed by atoms with Gasteiger partial charge < -0.3 is 18.9 Å². The van der Waals surface area contributed by atoms with Gasteiger partial charge in [-0.2, -0.15) is 0 Å². The van der Waals surface area contributed by atoms with E-state index in [0.717, 1.165) is 5.69 Å². The summed E-state index contributed by atoms with van der Waals surface area (Å²) in [5.74, 6) is 0.970. The van der Waals surface area contributed by atoms with Crippen molar-refractivity contribution in [1.82, 2.24) is 19.0 Å². The average molecular weight is 378 g/mol. The van der Waals surface area contributed by atoms with Crippen LogP contribution in [0.15, 0.2) is 47.8 Å². The lowest BCUT2D eigenvalue weighted by Gasteiger charge is -2.28. The molecule has 0 unspecified atom stereocenters. The highest BCUT2D eigenvalue weighted by molar-refractivity contribution is 5.95. The van der Waals surface area contributed by atoms with Gasteiger partial charge in [0.1, 0.15) is 5.56 Å². The number of hydrogen-bond donors (Lipinski definition) is 0. The van der Waals surface area contributed by atoms with Crippen LogP contribution in [0.3, 0.4) is 0 Å².